The first kappa shape index (κ1) is 23.2. The topological polar surface area (TPSA) is 88.9 Å². The fourth-order valence-corrected chi connectivity index (χ4v) is 4.39. The van der Waals surface area contributed by atoms with Crippen LogP contribution in [-0.4, -0.2) is 37.8 Å². The van der Waals surface area contributed by atoms with Crippen LogP contribution in [0.15, 0.2) is 50.4 Å². The summed E-state index contributed by atoms with van der Waals surface area (Å²) in [5, 5.41) is 2.69. The summed E-state index contributed by atoms with van der Waals surface area (Å²) in [4.78, 5) is 12.5. The van der Waals surface area contributed by atoms with Gasteiger partial charge in [-0.2, -0.15) is 4.31 Å². The number of nitrogens with zero attached hydrogens (tertiary/aromatic N) is 1. The van der Waals surface area contributed by atoms with Crippen molar-refractivity contribution < 1.29 is 22.4 Å². The summed E-state index contributed by atoms with van der Waals surface area (Å²) < 4.78 is 38.6. The zero-order valence-electron chi connectivity index (χ0n) is 16.8. The van der Waals surface area contributed by atoms with Gasteiger partial charge in [-0.1, -0.05) is 13.8 Å². The lowest BCUT2D eigenvalue weighted by atomic mass is 10.2. The van der Waals surface area contributed by atoms with Crippen molar-refractivity contribution in [3.8, 4) is 5.75 Å². The molecule has 1 amide bonds. The number of anilines is 1. The molecule has 0 aliphatic carbocycles. The second kappa shape index (κ2) is 10.1. The molecule has 0 unspecified atom stereocenters. The van der Waals surface area contributed by atoms with Crippen molar-refractivity contribution in [1.82, 2.24) is 4.31 Å². The summed E-state index contributed by atoms with van der Waals surface area (Å²) in [6.45, 7) is 7.95. The van der Waals surface area contributed by atoms with Gasteiger partial charge >= 0.3 is 0 Å². The number of carbonyl (C=O) groups excluding carboxylic acids is 1. The van der Waals surface area contributed by atoms with E-state index in [4.69, 9.17) is 9.15 Å². The minimum absolute atomic E-state index is 0.0894. The maximum Gasteiger partial charge on any atom is 0.248 e. The highest BCUT2D eigenvalue weighted by molar-refractivity contribution is 9.10. The molecular weight excluding hydrogens is 460 g/mol. The zero-order valence-corrected chi connectivity index (χ0v) is 19.2. The van der Waals surface area contributed by atoms with Gasteiger partial charge in [0.15, 0.2) is 4.67 Å². The number of benzene rings is 1. The van der Waals surface area contributed by atoms with E-state index in [-0.39, 0.29) is 16.7 Å². The summed E-state index contributed by atoms with van der Waals surface area (Å²) in [6.07, 6.45) is 2.67. The number of carbonyl (C=O) groups is 1. The molecule has 1 heterocycles. The molecular formula is C20H25BrN2O5S. The number of furan rings is 1. The van der Waals surface area contributed by atoms with E-state index in [9.17, 15) is 13.2 Å². The molecule has 1 aromatic heterocycles. The highest BCUT2D eigenvalue weighted by atomic mass is 79.9. The van der Waals surface area contributed by atoms with Crippen LogP contribution < -0.4 is 10.1 Å². The standard InChI is InChI=1S/C20H25BrN2O5S/c1-5-23(6-2)29(25,26)16-9-10-18(27-14(3)4)17(13-16)22-20(24)12-8-15-7-11-19(21)28-15/h7-14H,5-6H2,1-4H3,(H,22,24)/b12-8+. The van der Waals surface area contributed by atoms with E-state index >= 15 is 0 Å². The molecule has 0 fully saturated rings. The average Bonchev–Trinajstić information content (AvgIpc) is 3.07. The number of hydrogen-bond acceptors (Lipinski definition) is 5. The van der Waals surface area contributed by atoms with Gasteiger partial charge in [-0.05, 0) is 66.2 Å². The van der Waals surface area contributed by atoms with Crippen LogP contribution in [0, 0.1) is 0 Å². The Bertz CT molecular complexity index is 979. The number of nitrogens with one attached hydrogen (secondary N) is 1. The molecule has 0 aliphatic heterocycles. The summed E-state index contributed by atoms with van der Waals surface area (Å²) >= 11 is 3.20. The fraction of sp³-hybridized carbons (Fsp3) is 0.350. The first-order valence-electron chi connectivity index (χ1n) is 9.22. The number of halogens is 1. The monoisotopic (exact) mass is 484 g/mol. The molecule has 0 spiro atoms. The van der Waals surface area contributed by atoms with Crippen molar-refractivity contribution in [3.63, 3.8) is 0 Å². The molecule has 0 atom stereocenters. The predicted molar refractivity (Wildman–Crippen MR) is 116 cm³/mol. The maximum atomic E-state index is 12.8. The summed E-state index contributed by atoms with van der Waals surface area (Å²) in [5.74, 6) is 0.452. The van der Waals surface area contributed by atoms with Crippen LogP contribution in [0.3, 0.4) is 0 Å². The Labute approximate surface area is 179 Å². The van der Waals surface area contributed by atoms with Gasteiger partial charge in [0.05, 0.1) is 16.7 Å². The maximum absolute atomic E-state index is 12.8. The van der Waals surface area contributed by atoms with Crippen molar-refractivity contribution in [2.45, 2.75) is 38.7 Å². The van der Waals surface area contributed by atoms with Gasteiger partial charge in [0.2, 0.25) is 15.9 Å². The average molecular weight is 485 g/mol. The number of hydrogen-bond donors (Lipinski definition) is 1. The van der Waals surface area contributed by atoms with Crippen molar-refractivity contribution in [2.75, 3.05) is 18.4 Å². The lowest BCUT2D eigenvalue weighted by Crippen LogP contribution is -2.30. The molecule has 7 nitrogen and oxygen atoms in total. The normalized spacial score (nSPS) is 12.1. The number of ether oxygens (including phenoxy) is 1. The van der Waals surface area contributed by atoms with Gasteiger partial charge in [0.25, 0.3) is 0 Å². The minimum Gasteiger partial charge on any atom is -0.489 e. The molecule has 1 N–H and O–H groups in total. The van der Waals surface area contributed by atoms with Crippen LogP contribution in [0.4, 0.5) is 5.69 Å². The molecule has 0 radical (unpaired) electrons. The van der Waals surface area contributed by atoms with Crippen LogP contribution in [-0.2, 0) is 14.8 Å². The van der Waals surface area contributed by atoms with E-state index in [1.807, 2.05) is 13.8 Å². The Hall–Kier alpha value is -2.10. The van der Waals surface area contributed by atoms with Gasteiger partial charge in [-0.25, -0.2) is 8.42 Å². The second-order valence-electron chi connectivity index (χ2n) is 6.38. The third-order valence-corrected chi connectivity index (χ3v) is 6.38. The van der Waals surface area contributed by atoms with Gasteiger partial charge in [0.1, 0.15) is 11.5 Å². The summed E-state index contributed by atoms with van der Waals surface area (Å²) in [7, 11) is -3.67. The molecule has 2 rings (SSSR count). The lowest BCUT2D eigenvalue weighted by molar-refractivity contribution is -0.111. The third kappa shape index (κ3) is 6.19. The van der Waals surface area contributed by atoms with E-state index in [1.54, 1.807) is 32.0 Å². The second-order valence-corrected chi connectivity index (χ2v) is 9.10. The fourth-order valence-electron chi connectivity index (χ4n) is 2.59. The predicted octanol–water partition coefficient (Wildman–Crippen LogP) is 4.51. The van der Waals surface area contributed by atoms with E-state index in [2.05, 4.69) is 21.2 Å². The van der Waals surface area contributed by atoms with E-state index in [0.29, 0.717) is 29.3 Å². The van der Waals surface area contributed by atoms with E-state index < -0.39 is 15.9 Å². The SMILES string of the molecule is CCN(CC)S(=O)(=O)c1ccc(OC(C)C)c(NC(=O)/C=C/c2ccc(Br)o2)c1. The molecule has 0 bridgehead atoms. The van der Waals surface area contributed by atoms with E-state index in [0.717, 1.165) is 0 Å². The van der Waals surface area contributed by atoms with Crippen LogP contribution in [0.25, 0.3) is 6.08 Å². The number of amides is 1. The van der Waals surface area contributed by atoms with Crippen LogP contribution in [0.1, 0.15) is 33.5 Å². The lowest BCUT2D eigenvalue weighted by Gasteiger charge is -2.20. The molecule has 2 aromatic rings. The smallest absolute Gasteiger partial charge is 0.248 e. The highest BCUT2D eigenvalue weighted by Gasteiger charge is 2.23. The van der Waals surface area contributed by atoms with Gasteiger partial charge in [0, 0.05) is 19.2 Å². The zero-order chi connectivity index (χ0) is 21.6. The van der Waals surface area contributed by atoms with Crippen LogP contribution in [0.2, 0.25) is 0 Å². The Balaban J connectivity index is 2.33. The van der Waals surface area contributed by atoms with Crippen molar-refractivity contribution in [3.05, 3.63) is 46.8 Å². The van der Waals surface area contributed by atoms with Crippen LogP contribution >= 0.6 is 15.9 Å². The largest absolute Gasteiger partial charge is 0.489 e. The minimum atomic E-state index is -3.67. The Morgan fingerprint density at radius 1 is 1.24 bits per heavy atom. The van der Waals surface area contributed by atoms with Crippen molar-refractivity contribution >= 4 is 43.6 Å². The molecule has 0 aliphatic rings. The highest BCUT2D eigenvalue weighted by Crippen LogP contribution is 2.30. The van der Waals surface area contributed by atoms with Gasteiger partial charge in [-0.3, -0.25) is 4.79 Å². The first-order chi connectivity index (χ1) is 13.7. The molecule has 9 heteroatoms. The van der Waals surface area contributed by atoms with Crippen LogP contribution in [0.5, 0.6) is 5.75 Å². The van der Waals surface area contributed by atoms with Crippen molar-refractivity contribution in [1.29, 1.82) is 0 Å². The van der Waals surface area contributed by atoms with Gasteiger partial charge in [-0.15, -0.1) is 0 Å². The Morgan fingerprint density at radius 3 is 2.48 bits per heavy atom. The Kier molecular flexibility index (Phi) is 8.06. The third-order valence-electron chi connectivity index (χ3n) is 3.91. The van der Waals surface area contributed by atoms with Gasteiger partial charge < -0.3 is 14.5 Å². The molecule has 0 saturated heterocycles. The molecule has 158 valence electrons. The summed E-state index contributed by atoms with van der Waals surface area (Å²) in [6, 6.07) is 7.88. The number of rotatable bonds is 9. The molecule has 1 aromatic carbocycles. The quantitative estimate of drug-likeness (QED) is 0.528. The molecule has 29 heavy (non-hydrogen) atoms. The van der Waals surface area contributed by atoms with Crippen molar-refractivity contribution in [2.24, 2.45) is 0 Å². The number of sulfonamides is 1. The first-order valence-corrected chi connectivity index (χ1v) is 11.5. The van der Waals surface area contributed by atoms with E-state index in [1.165, 1.54) is 28.6 Å². The molecule has 0 saturated carbocycles. The Morgan fingerprint density at radius 2 is 1.93 bits per heavy atom. The summed E-state index contributed by atoms with van der Waals surface area (Å²) in [5.41, 5.74) is 0.280.